The summed E-state index contributed by atoms with van der Waals surface area (Å²) >= 11 is 0. The third kappa shape index (κ3) is 1.18. The molecular weight excluding hydrogens is 167 g/mol. The fourth-order valence-corrected chi connectivity index (χ4v) is 5.89. The molecule has 12 heavy (non-hydrogen) atoms. The van der Waals surface area contributed by atoms with Gasteiger partial charge in [-0.05, 0) is 18.0 Å². The van der Waals surface area contributed by atoms with Gasteiger partial charge in [-0.1, -0.05) is 34.6 Å². The predicted octanol–water partition coefficient (Wildman–Crippen LogP) is 3.43. The largest absolute Gasteiger partial charge is 0.323 e. The van der Waals surface area contributed by atoms with E-state index in [2.05, 4.69) is 34.6 Å². The van der Waals surface area contributed by atoms with E-state index >= 15 is 0 Å². The lowest BCUT2D eigenvalue weighted by molar-refractivity contribution is 0.248. The van der Waals surface area contributed by atoms with Crippen molar-refractivity contribution in [2.24, 2.45) is 11.3 Å². The summed E-state index contributed by atoms with van der Waals surface area (Å²) in [7, 11) is -1.92. The number of hydrogen-bond donors (Lipinski definition) is 0. The molecule has 1 saturated heterocycles. The second-order valence-electron chi connectivity index (χ2n) is 5.62. The molecule has 2 atom stereocenters. The molecule has 1 aliphatic rings. The SMILES string of the molecule is CC1C(C)(C)CP(C)(=O)C1(C)C. The molecule has 2 unspecified atom stereocenters. The van der Waals surface area contributed by atoms with Crippen LogP contribution in [0.2, 0.25) is 0 Å². The Morgan fingerprint density at radius 2 is 1.67 bits per heavy atom. The van der Waals surface area contributed by atoms with Crippen LogP contribution in [0.5, 0.6) is 0 Å². The van der Waals surface area contributed by atoms with Crippen LogP contribution < -0.4 is 0 Å². The van der Waals surface area contributed by atoms with Gasteiger partial charge in [-0.15, -0.1) is 0 Å². The topological polar surface area (TPSA) is 17.1 Å². The monoisotopic (exact) mass is 188 g/mol. The Morgan fingerprint density at radius 1 is 1.25 bits per heavy atom. The van der Waals surface area contributed by atoms with Crippen molar-refractivity contribution >= 4 is 7.14 Å². The van der Waals surface area contributed by atoms with Crippen molar-refractivity contribution in [1.29, 1.82) is 0 Å². The third-order valence-corrected chi connectivity index (χ3v) is 8.40. The maximum atomic E-state index is 12.3. The zero-order valence-electron chi connectivity index (χ0n) is 9.14. The second-order valence-corrected chi connectivity index (χ2v) is 9.29. The Balaban J connectivity index is 3.14. The zero-order chi connectivity index (χ0) is 9.78. The molecule has 0 aromatic carbocycles. The molecule has 1 fully saturated rings. The highest BCUT2D eigenvalue weighted by Gasteiger charge is 2.55. The summed E-state index contributed by atoms with van der Waals surface area (Å²) in [5.74, 6) is 0.556. The van der Waals surface area contributed by atoms with Crippen LogP contribution in [0.15, 0.2) is 0 Å². The fraction of sp³-hybridized carbons (Fsp3) is 1.00. The van der Waals surface area contributed by atoms with Crippen molar-refractivity contribution in [3.8, 4) is 0 Å². The quantitative estimate of drug-likeness (QED) is 0.532. The van der Waals surface area contributed by atoms with Crippen LogP contribution in [0.1, 0.15) is 34.6 Å². The minimum absolute atomic E-state index is 0.0382. The van der Waals surface area contributed by atoms with Gasteiger partial charge in [0.2, 0.25) is 0 Å². The summed E-state index contributed by atoms with van der Waals surface area (Å²) in [6, 6.07) is 0. The van der Waals surface area contributed by atoms with Gasteiger partial charge in [-0.25, -0.2) is 0 Å². The summed E-state index contributed by atoms with van der Waals surface area (Å²) in [4.78, 5) is 0. The molecule has 0 aliphatic carbocycles. The first kappa shape index (κ1) is 10.3. The summed E-state index contributed by atoms with van der Waals surface area (Å²) in [5.41, 5.74) is 0.258. The average Bonchev–Trinajstić information content (AvgIpc) is 1.90. The van der Waals surface area contributed by atoms with Crippen molar-refractivity contribution in [1.82, 2.24) is 0 Å². The highest BCUT2D eigenvalue weighted by atomic mass is 31.2. The van der Waals surface area contributed by atoms with E-state index in [0.29, 0.717) is 5.92 Å². The molecular formula is C10H21OP. The Bertz CT molecular complexity index is 240. The lowest BCUT2D eigenvalue weighted by Gasteiger charge is -2.32. The summed E-state index contributed by atoms with van der Waals surface area (Å²) in [6.45, 7) is 13.0. The molecule has 1 aliphatic heterocycles. The van der Waals surface area contributed by atoms with Gasteiger partial charge < -0.3 is 4.57 Å². The van der Waals surface area contributed by atoms with Gasteiger partial charge in [0.1, 0.15) is 0 Å². The van der Waals surface area contributed by atoms with E-state index in [-0.39, 0.29) is 10.6 Å². The first-order chi connectivity index (χ1) is 5.11. The summed E-state index contributed by atoms with van der Waals surface area (Å²) in [6.07, 6.45) is 0.911. The molecule has 72 valence electrons. The number of hydrogen-bond acceptors (Lipinski definition) is 1. The van der Waals surface area contributed by atoms with Crippen LogP contribution in [0.3, 0.4) is 0 Å². The Morgan fingerprint density at radius 3 is 1.75 bits per heavy atom. The Hall–Kier alpha value is 0.230. The molecule has 1 heterocycles. The lowest BCUT2D eigenvalue weighted by atomic mass is 9.76. The van der Waals surface area contributed by atoms with Gasteiger partial charge in [0.25, 0.3) is 0 Å². The van der Waals surface area contributed by atoms with E-state index in [0.717, 1.165) is 6.16 Å². The van der Waals surface area contributed by atoms with Crippen molar-refractivity contribution in [2.75, 3.05) is 12.8 Å². The van der Waals surface area contributed by atoms with Gasteiger partial charge in [-0.2, -0.15) is 0 Å². The van der Waals surface area contributed by atoms with Crippen LogP contribution in [-0.2, 0) is 4.57 Å². The van der Waals surface area contributed by atoms with Crippen molar-refractivity contribution in [2.45, 2.75) is 39.8 Å². The molecule has 0 aromatic heterocycles. The summed E-state index contributed by atoms with van der Waals surface area (Å²) < 4.78 is 12.3. The van der Waals surface area contributed by atoms with Crippen LogP contribution in [-0.4, -0.2) is 18.0 Å². The molecule has 0 aromatic rings. The summed E-state index contributed by atoms with van der Waals surface area (Å²) in [5, 5.41) is 0.0382. The minimum atomic E-state index is -1.92. The Labute approximate surface area is 76.3 Å². The van der Waals surface area contributed by atoms with Gasteiger partial charge in [0, 0.05) is 11.3 Å². The molecule has 1 rings (SSSR count). The molecule has 2 heteroatoms. The Kier molecular flexibility index (Phi) is 2.04. The van der Waals surface area contributed by atoms with Crippen molar-refractivity contribution in [3.63, 3.8) is 0 Å². The maximum Gasteiger partial charge on any atom is 0.0909 e. The molecule has 0 N–H and O–H groups in total. The van der Waals surface area contributed by atoms with E-state index in [1.54, 1.807) is 0 Å². The van der Waals surface area contributed by atoms with E-state index in [9.17, 15) is 4.57 Å². The normalized spacial score (nSPS) is 44.7. The maximum absolute atomic E-state index is 12.3. The van der Waals surface area contributed by atoms with Gasteiger partial charge in [-0.3, -0.25) is 0 Å². The van der Waals surface area contributed by atoms with Crippen LogP contribution in [0.4, 0.5) is 0 Å². The second kappa shape index (κ2) is 2.38. The lowest BCUT2D eigenvalue weighted by Crippen LogP contribution is -2.29. The number of rotatable bonds is 0. The highest BCUT2D eigenvalue weighted by Crippen LogP contribution is 2.70. The van der Waals surface area contributed by atoms with Crippen LogP contribution in [0.25, 0.3) is 0 Å². The molecule has 0 radical (unpaired) electrons. The minimum Gasteiger partial charge on any atom is -0.323 e. The van der Waals surface area contributed by atoms with Gasteiger partial charge in [0.05, 0.1) is 7.14 Å². The van der Waals surface area contributed by atoms with Gasteiger partial charge in [0.15, 0.2) is 0 Å². The molecule has 1 nitrogen and oxygen atoms in total. The van der Waals surface area contributed by atoms with E-state index < -0.39 is 7.14 Å². The molecule has 0 spiro atoms. The molecule has 0 bridgehead atoms. The first-order valence-corrected chi connectivity index (χ1v) is 7.02. The van der Waals surface area contributed by atoms with Crippen LogP contribution in [0, 0.1) is 11.3 Å². The van der Waals surface area contributed by atoms with E-state index in [4.69, 9.17) is 0 Å². The predicted molar refractivity (Wildman–Crippen MR) is 55.4 cm³/mol. The zero-order valence-corrected chi connectivity index (χ0v) is 10.0. The molecule has 0 saturated carbocycles. The highest BCUT2D eigenvalue weighted by molar-refractivity contribution is 7.65. The van der Waals surface area contributed by atoms with E-state index in [1.807, 2.05) is 6.66 Å². The van der Waals surface area contributed by atoms with Gasteiger partial charge >= 0.3 is 0 Å². The van der Waals surface area contributed by atoms with Crippen molar-refractivity contribution in [3.05, 3.63) is 0 Å². The molecule has 0 amide bonds. The average molecular weight is 188 g/mol. The first-order valence-electron chi connectivity index (χ1n) is 4.68. The fourth-order valence-electron chi connectivity index (χ4n) is 2.48. The third-order valence-electron chi connectivity index (χ3n) is 4.16. The van der Waals surface area contributed by atoms with Crippen LogP contribution >= 0.6 is 7.14 Å². The standard InChI is InChI=1S/C10H21OP/c1-8-9(2,3)7-12(6,11)10(8,4)5/h8H,7H2,1-6H3. The van der Waals surface area contributed by atoms with Crippen molar-refractivity contribution < 1.29 is 4.57 Å². The van der Waals surface area contributed by atoms with E-state index in [1.165, 1.54) is 0 Å². The smallest absolute Gasteiger partial charge is 0.0909 e.